The maximum atomic E-state index is 10.6. The molecule has 0 aliphatic rings. The molecular formula is C8H16O3. The van der Waals surface area contributed by atoms with Gasteiger partial charge in [-0.1, -0.05) is 0 Å². The largest absolute Gasteiger partial charge is 0.481 e. The number of aliphatic carboxylic acids is 1. The number of hydrogen-bond donors (Lipinski definition) is 1. The Kier molecular flexibility index (Phi) is 4.11. The fourth-order valence-electron chi connectivity index (χ4n) is 0.579. The van der Waals surface area contributed by atoms with E-state index in [2.05, 4.69) is 0 Å². The second kappa shape index (κ2) is 4.34. The highest BCUT2D eigenvalue weighted by molar-refractivity contribution is 5.73. The molecule has 0 saturated heterocycles. The summed E-state index contributed by atoms with van der Waals surface area (Å²) in [5.74, 6) is -0.766. The molecule has 0 aliphatic carbocycles. The Hall–Kier alpha value is -0.570. The Labute approximate surface area is 67.4 Å². The minimum absolute atomic E-state index is 0.524. The average Bonchev–Trinajstić information content (AvgIpc) is 1.88. The van der Waals surface area contributed by atoms with Gasteiger partial charge in [-0.3, -0.25) is 4.79 Å². The molecule has 0 atom stereocenters. The van der Waals surface area contributed by atoms with E-state index in [9.17, 15) is 4.79 Å². The monoisotopic (exact) mass is 160 g/mol. The third kappa shape index (κ3) is 3.98. The second-order valence-corrected chi connectivity index (χ2v) is 3.14. The lowest BCUT2D eigenvalue weighted by molar-refractivity contribution is -0.147. The molecule has 0 aromatic rings. The quantitative estimate of drug-likeness (QED) is 0.620. The number of carboxylic acids is 1. The standard InChI is InChI=1S/C8H16O3/c1-4-11-6-5-8(2,3)7(9)10/h4-6H2,1-3H3,(H,9,10). The smallest absolute Gasteiger partial charge is 0.309 e. The van der Waals surface area contributed by atoms with Crippen LogP contribution in [0.15, 0.2) is 0 Å². The predicted molar refractivity (Wildman–Crippen MR) is 42.5 cm³/mol. The van der Waals surface area contributed by atoms with E-state index in [1.807, 2.05) is 6.92 Å². The lowest BCUT2D eigenvalue weighted by atomic mass is 9.90. The van der Waals surface area contributed by atoms with Gasteiger partial charge in [0.25, 0.3) is 0 Å². The molecule has 66 valence electrons. The Morgan fingerprint density at radius 2 is 2.09 bits per heavy atom. The Bertz CT molecular complexity index is 129. The molecule has 0 rings (SSSR count). The molecule has 0 fully saturated rings. The summed E-state index contributed by atoms with van der Waals surface area (Å²) >= 11 is 0. The van der Waals surface area contributed by atoms with Crippen molar-refractivity contribution in [3.8, 4) is 0 Å². The lowest BCUT2D eigenvalue weighted by Gasteiger charge is -2.18. The van der Waals surface area contributed by atoms with Gasteiger partial charge in [0.1, 0.15) is 0 Å². The Morgan fingerprint density at radius 1 is 1.55 bits per heavy atom. The van der Waals surface area contributed by atoms with Crippen molar-refractivity contribution < 1.29 is 14.6 Å². The van der Waals surface area contributed by atoms with Crippen LogP contribution in [-0.4, -0.2) is 24.3 Å². The van der Waals surface area contributed by atoms with Crippen molar-refractivity contribution in [1.29, 1.82) is 0 Å². The molecule has 0 aromatic carbocycles. The van der Waals surface area contributed by atoms with Crippen LogP contribution in [0.3, 0.4) is 0 Å². The molecule has 3 nitrogen and oxygen atoms in total. The maximum Gasteiger partial charge on any atom is 0.309 e. The molecule has 0 aromatic heterocycles. The average molecular weight is 160 g/mol. The van der Waals surface area contributed by atoms with Gasteiger partial charge in [-0.25, -0.2) is 0 Å². The molecular weight excluding hydrogens is 144 g/mol. The molecule has 0 heterocycles. The molecule has 0 spiro atoms. The number of rotatable bonds is 5. The highest BCUT2D eigenvalue weighted by Gasteiger charge is 2.26. The van der Waals surface area contributed by atoms with E-state index in [1.54, 1.807) is 13.8 Å². The van der Waals surface area contributed by atoms with Gasteiger partial charge < -0.3 is 9.84 Å². The van der Waals surface area contributed by atoms with Crippen LogP contribution in [0, 0.1) is 5.41 Å². The van der Waals surface area contributed by atoms with Crippen molar-refractivity contribution >= 4 is 5.97 Å². The third-order valence-corrected chi connectivity index (χ3v) is 1.65. The predicted octanol–water partition coefficient (Wildman–Crippen LogP) is 1.52. The minimum Gasteiger partial charge on any atom is -0.481 e. The van der Waals surface area contributed by atoms with Gasteiger partial charge >= 0.3 is 5.97 Å². The van der Waals surface area contributed by atoms with E-state index < -0.39 is 11.4 Å². The molecule has 0 radical (unpaired) electrons. The van der Waals surface area contributed by atoms with E-state index in [0.717, 1.165) is 0 Å². The van der Waals surface area contributed by atoms with Crippen molar-refractivity contribution in [1.82, 2.24) is 0 Å². The van der Waals surface area contributed by atoms with Crippen molar-refractivity contribution in [2.45, 2.75) is 27.2 Å². The molecule has 1 N–H and O–H groups in total. The van der Waals surface area contributed by atoms with E-state index in [-0.39, 0.29) is 0 Å². The fourth-order valence-corrected chi connectivity index (χ4v) is 0.579. The first kappa shape index (κ1) is 10.4. The van der Waals surface area contributed by atoms with Crippen LogP contribution in [0.5, 0.6) is 0 Å². The molecule has 11 heavy (non-hydrogen) atoms. The molecule has 0 bridgehead atoms. The van der Waals surface area contributed by atoms with Crippen LogP contribution < -0.4 is 0 Å². The normalized spacial score (nSPS) is 11.5. The van der Waals surface area contributed by atoms with Crippen molar-refractivity contribution in [3.63, 3.8) is 0 Å². The van der Waals surface area contributed by atoms with Gasteiger partial charge in [0.2, 0.25) is 0 Å². The second-order valence-electron chi connectivity index (χ2n) is 3.14. The summed E-state index contributed by atoms with van der Waals surface area (Å²) in [4.78, 5) is 10.6. The molecule has 3 heteroatoms. The summed E-state index contributed by atoms with van der Waals surface area (Å²) in [5, 5.41) is 8.69. The number of carboxylic acid groups (broad SMARTS) is 1. The zero-order valence-corrected chi connectivity index (χ0v) is 7.39. The topological polar surface area (TPSA) is 46.5 Å². The highest BCUT2D eigenvalue weighted by Crippen LogP contribution is 2.19. The fraction of sp³-hybridized carbons (Fsp3) is 0.875. The maximum absolute atomic E-state index is 10.6. The van der Waals surface area contributed by atoms with Crippen LogP contribution in [-0.2, 0) is 9.53 Å². The first-order chi connectivity index (χ1) is 5.00. The summed E-state index contributed by atoms with van der Waals surface area (Å²) in [6.07, 6.45) is 0.566. The summed E-state index contributed by atoms with van der Waals surface area (Å²) in [5.41, 5.74) is -0.658. The van der Waals surface area contributed by atoms with Crippen LogP contribution in [0.25, 0.3) is 0 Å². The zero-order chi connectivity index (χ0) is 8.91. The first-order valence-electron chi connectivity index (χ1n) is 3.82. The zero-order valence-electron chi connectivity index (χ0n) is 7.39. The molecule has 0 aliphatic heterocycles. The minimum atomic E-state index is -0.766. The third-order valence-electron chi connectivity index (χ3n) is 1.65. The van der Waals surface area contributed by atoms with Gasteiger partial charge in [-0.2, -0.15) is 0 Å². The van der Waals surface area contributed by atoms with Crippen molar-refractivity contribution in [2.24, 2.45) is 5.41 Å². The molecule has 0 unspecified atom stereocenters. The van der Waals surface area contributed by atoms with Gasteiger partial charge in [-0.05, 0) is 27.2 Å². The van der Waals surface area contributed by atoms with E-state index in [1.165, 1.54) is 0 Å². The Morgan fingerprint density at radius 3 is 2.45 bits per heavy atom. The number of ether oxygens (including phenoxy) is 1. The van der Waals surface area contributed by atoms with Crippen LogP contribution >= 0.6 is 0 Å². The summed E-state index contributed by atoms with van der Waals surface area (Å²) in [6.45, 7) is 6.47. The number of carbonyl (C=O) groups is 1. The summed E-state index contributed by atoms with van der Waals surface area (Å²) in [7, 11) is 0. The highest BCUT2D eigenvalue weighted by atomic mass is 16.5. The van der Waals surface area contributed by atoms with E-state index >= 15 is 0 Å². The Balaban J connectivity index is 3.64. The van der Waals surface area contributed by atoms with Crippen LogP contribution in [0.4, 0.5) is 0 Å². The van der Waals surface area contributed by atoms with Crippen molar-refractivity contribution in [2.75, 3.05) is 13.2 Å². The lowest BCUT2D eigenvalue weighted by Crippen LogP contribution is -2.25. The van der Waals surface area contributed by atoms with Gasteiger partial charge in [0.15, 0.2) is 0 Å². The first-order valence-corrected chi connectivity index (χ1v) is 3.82. The summed E-state index contributed by atoms with van der Waals surface area (Å²) < 4.78 is 5.06. The number of hydrogen-bond acceptors (Lipinski definition) is 2. The van der Waals surface area contributed by atoms with Crippen LogP contribution in [0.2, 0.25) is 0 Å². The SMILES string of the molecule is CCOCCC(C)(C)C(=O)O. The van der Waals surface area contributed by atoms with E-state index in [0.29, 0.717) is 19.6 Å². The molecule has 0 amide bonds. The van der Waals surface area contributed by atoms with Gasteiger partial charge in [0, 0.05) is 13.2 Å². The van der Waals surface area contributed by atoms with E-state index in [4.69, 9.17) is 9.84 Å². The van der Waals surface area contributed by atoms with Crippen molar-refractivity contribution in [3.05, 3.63) is 0 Å². The molecule has 0 saturated carbocycles. The summed E-state index contributed by atoms with van der Waals surface area (Å²) in [6, 6.07) is 0. The van der Waals surface area contributed by atoms with Gasteiger partial charge in [-0.15, -0.1) is 0 Å². The van der Waals surface area contributed by atoms with Gasteiger partial charge in [0.05, 0.1) is 5.41 Å². The van der Waals surface area contributed by atoms with Crippen LogP contribution in [0.1, 0.15) is 27.2 Å².